The van der Waals surface area contributed by atoms with Crippen LogP contribution in [0.2, 0.25) is 5.02 Å². The van der Waals surface area contributed by atoms with Gasteiger partial charge in [-0.1, -0.05) is 11.6 Å². The maximum absolute atomic E-state index is 11.9. The van der Waals surface area contributed by atoms with Crippen LogP contribution in [0.4, 0.5) is 5.00 Å². The van der Waals surface area contributed by atoms with Gasteiger partial charge in [0.1, 0.15) is 10.6 Å². The molecule has 19 heavy (non-hydrogen) atoms. The van der Waals surface area contributed by atoms with E-state index in [2.05, 4.69) is 9.69 Å². The van der Waals surface area contributed by atoms with Crippen molar-refractivity contribution in [2.45, 2.75) is 6.92 Å². The van der Waals surface area contributed by atoms with E-state index in [-0.39, 0.29) is 10.6 Å². The largest absolute Gasteiger partial charge is 0.478 e. The molecule has 2 rings (SSSR count). The van der Waals surface area contributed by atoms with Crippen molar-refractivity contribution in [2.24, 2.45) is 0 Å². The molecule has 0 spiro atoms. The van der Waals surface area contributed by atoms with Crippen molar-refractivity contribution in [1.29, 1.82) is 0 Å². The molecule has 0 aliphatic heterocycles. The predicted molar refractivity (Wildman–Crippen MR) is 73.2 cm³/mol. The summed E-state index contributed by atoms with van der Waals surface area (Å²) in [7, 11) is 0. The smallest absolute Gasteiger partial charge is 0.340 e. The van der Waals surface area contributed by atoms with E-state index >= 15 is 0 Å². The highest BCUT2D eigenvalue weighted by Gasteiger charge is 2.19. The van der Waals surface area contributed by atoms with Crippen LogP contribution in [0.3, 0.4) is 0 Å². The zero-order valence-electron chi connectivity index (χ0n) is 9.81. The Balaban J connectivity index is 2.24. The maximum Gasteiger partial charge on any atom is 0.340 e. The van der Waals surface area contributed by atoms with Gasteiger partial charge < -0.3 is 10.4 Å². The molecule has 0 aliphatic rings. The van der Waals surface area contributed by atoms with Crippen molar-refractivity contribution < 1.29 is 14.7 Å². The summed E-state index contributed by atoms with van der Waals surface area (Å²) < 4.78 is 3.92. The Labute approximate surface area is 118 Å². The second-order valence-electron chi connectivity index (χ2n) is 3.74. The van der Waals surface area contributed by atoms with Crippen molar-refractivity contribution in [3.8, 4) is 0 Å². The molecule has 0 saturated carbocycles. The standard InChI is InChI=1S/C12H9ClN2O3S/c1-6-9(12(17)18)11(19-15-6)14-10(16)7-2-4-8(13)5-3-7/h2-5H,1H3,(H,14,16)(H,17,18). The third-order valence-corrected chi connectivity index (χ3v) is 3.52. The topological polar surface area (TPSA) is 79.3 Å². The molecule has 0 bridgehead atoms. The van der Waals surface area contributed by atoms with E-state index in [1.54, 1.807) is 31.2 Å². The fraction of sp³-hybridized carbons (Fsp3) is 0.0833. The van der Waals surface area contributed by atoms with Gasteiger partial charge in [0.2, 0.25) is 0 Å². The molecule has 1 heterocycles. The number of aromatic carboxylic acids is 1. The van der Waals surface area contributed by atoms with Crippen molar-refractivity contribution >= 4 is 40.0 Å². The summed E-state index contributed by atoms with van der Waals surface area (Å²) in [5.41, 5.74) is 0.794. The zero-order valence-corrected chi connectivity index (χ0v) is 11.4. The molecule has 0 unspecified atom stereocenters. The summed E-state index contributed by atoms with van der Waals surface area (Å²) in [6, 6.07) is 6.30. The average molecular weight is 297 g/mol. The van der Waals surface area contributed by atoms with Gasteiger partial charge in [-0.3, -0.25) is 4.79 Å². The number of benzene rings is 1. The molecule has 98 valence electrons. The predicted octanol–water partition coefficient (Wildman–Crippen LogP) is 3.06. The summed E-state index contributed by atoms with van der Waals surface area (Å²) in [6.07, 6.45) is 0. The highest BCUT2D eigenvalue weighted by atomic mass is 35.5. The Morgan fingerprint density at radius 1 is 1.32 bits per heavy atom. The number of rotatable bonds is 3. The number of anilines is 1. The van der Waals surface area contributed by atoms with E-state index in [0.717, 1.165) is 11.5 Å². The molecule has 7 heteroatoms. The molecular formula is C12H9ClN2O3S. The van der Waals surface area contributed by atoms with Crippen LogP contribution in [-0.4, -0.2) is 21.4 Å². The number of carboxylic acids is 1. The van der Waals surface area contributed by atoms with Crippen molar-refractivity contribution in [3.63, 3.8) is 0 Å². The van der Waals surface area contributed by atoms with E-state index in [1.807, 2.05) is 0 Å². The number of aromatic nitrogens is 1. The summed E-state index contributed by atoms with van der Waals surface area (Å²) >= 11 is 6.67. The molecule has 1 aromatic heterocycles. The quantitative estimate of drug-likeness (QED) is 0.912. The van der Waals surface area contributed by atoms with Gasteiger partial charge in [-0.2, -0.15) is 4.37 Å². The van der Waals surface area contributed by atoms with Gasteiger partial charge >= 0.3 is 5.97 Å². The first-order valence-electron chi connectivity index (χ1n) is 5.25. The van der Waals surface area contributed by atoms with Crippen LogP contribution in [0, 0.1) is 6.92 Å². The SMILES string of the molecule is Cc1nsc(NC(=O)c2ccc(Cl)cc2)c1C(=O)O. The molecule has 2 N–H and O–H groups in total. The van der Waals surface area contributed by atoms with Gasteiger partial charge in [-0.15, -0.1) is 0 Å². The fourth-order valence-corrected chi connectivity index (χ4v) is 2.39. The van der Waals surface area contributed by atoms with Crippen LogP contribution in [0.1, 0.15) is 26.4 Å². The summed E-state index contributed by atoms with van der Waals surface area (Å²) in [5, 5.41) is 12.3. The Bertz CT molecular complexity index is 637. The normalized spacial score (nSPS) is 10.2. The summed E-state index contributed by atoms with van der Waals surface area (Å²) in [5.74, 6) is -1.51. The van der Waals surface area contributed by atoms with Crippen LogP contribution >= 0.6 is 23.1 Å². The minimum absolute atomic E-state index is 0.0207. The van der Waals surface area contributed by atoms with E-state index in [0.29, 0.717) is 16.3 Å². The molecule has 1 aromatic carbocycles. The average Bonchev–Trinajstić information content (AvgIpc) is 2.71. The Morgan fingerprint density at radius 3 is 2.53 bits per heavy atom. The molecule has 0 radical (unpaired) electrons. The number of carbonyl (C=O) groups is 2. The highest BCUT2D eigenvalue weighted by molar-refractivity contribution is 7.11. The molecule has 0 saturated heterocycles. The molecule has 0 atom stereocenters. The molecule has 2 aromatic rings. The molecule has 5 nitrogen and oxygen atoms in total. The lowest BCUT2D eigenvalue weighted by molar-refractivity contribution is 0.0697. The minimum Gasteiger partial charge on any atom is -0.478 e. The Kier molecular flexibility index (Phi) is 3.82. The van der Waals surface area contributed by atoms with Crippen molar-refractivity contribution in [1.82, 2.24) is 4.37 Å². The lowest BCUT2D eigenvalue weighted by Gasteiger charge is -2.03. The second kappa shape index (κ2) is 5.38. The van der Waals surface area contributed by atoms with Crippen molar-refractivity contribution in [2.75, 3.05) is 5.32 Å². The van der Waals surface area contributed by atoms with E-state index in [9.17, 15) is 9.59 Å². The van der Waals surface area contributed by atoms with Crippen LogP contribution in [0.5, 0.6) is 0 Å². The van der Waals surface area contributed by atoms with Gasteiger partial charge in [0, 0.05) is 10.6 Å². The van der Waals surface area contributed by atoms with Gasteiger partial charge in [0.05, 0.1) is 5.69 Å². The number of aryl methyl sites for hydroxylation is 1. The molecule has 0 fully saturated rings. The third-order valence-electron chi connectivity index (χ3n) is 2.41. The lowest BCUT2D eigenvalue weighted by atomic mass is 10.2. The van der Waals surface area contributed by atoms with E-state index in [1.165, 1.54) is 0 Å². The van der Waals surface area contributed by atoms with Crippen LogP contribution in [0.15, 0.2) is 24.3 Å². The van der Waals surface area contributed by atoms with Gasteiger partial charge in [-0.05, 0) is 42.7 Å². The third kappa shape index (κ3) is 2.91. The van der Waals surface area contributed by atoms with E-state index in [4.69, 9.17) is 16.7 Å². The Hall–Kier alpha value is -1.92. The summed E-state index contributed by atoms with van der Waals surface area (Å²) in [6.45, 7) is 1.58. The number of halogens is 1. The number of nitrogens with zero attached hydrogens (tertiary/aromatic N) is 1. The monoisotopic (exact) mass is 296 g/mol. The van der Waals surface area contributed by atoms with E-state index < -0.39 is 11.9 Å². The Morgan fingerprint density at radius 2 is 1.95 bits per heavy atom. The number of hydrogen-bond donors (Lipinski definition) is 2. The first-order chi connectivity index (χ1) is 8.99. The number of carbonyl (C=O) groups excluding carboxylic acids is 1. The minimum atomic E-state index is -1.11. The number of hydrogen-bond acceptors (Lipinski definition) is 4. The van der Waals surface area contributed by atoms with Gasteiger partial charge in [0.25, 0.3) is 5.91 Å². The number of nitrogens with one attached hydrogen (secondary N) is 1. The lowest BCUT2D eigenvalue weighted by Crippen LogP contribution is -2.13. The molecule has 0 aliphatic carbocycles. The molecule has 1 amide bonds. The maximum atomic E-state index is 11.9. The van der Waals surface area contributed by atoms with Crippen LogP contribution in [0.25, 0.3) is 0 Å². The first kappa shape index (κ1) is 13.5. The number of carboxylic acid groups (broad SMARTS) is 1. The molecular weight excluding hydrogens is 288 g/mol. The fourth-order valence-electron chi connectivity index (χ4n) is 1.48. The number of amides is 1. The van der Waals surface area contributed by atoms with Crippen LogP contribution in [-0.2, 0) is 0 Å². The van der Waals surface area contributed by atoms with Crippen LogP contribution < -0.4 is 5.32 Å². The summed E-state index contributed by atoms with van der Waals surface area (Å²) in [4.78, 5) is 23.0. The van der Waals surface area contributed by atoms with Gasteiger partial charge in [0.15, 0.2) is 0 Å². The zero-order chi connectivity index (χ0) is 14.0. The second-order valence-corrected chi connectivity index (χ2v) is 4.95. The highest BCUT2D eigenvalue weighted by Crippen LogP contribution is 2.25. The van der Waals surface area contributed by atoms with Gasteiger partial charge in [-0.25, -0.2) is 4.79 Å². The van der Waals surface area contributed by atoms with Crippen molar-refractivity contribution in [3.05, 3.63) is 46.1 Å². The first-order valence-corrected chi connectivity index (χ1v) is 6.40.